The summed E-state index contributed by atoms with van der Waals surface area (Å²) in [6, 6.07) is 0. The van der Waals surface area contributed by atoms with Gasteiger partial charge in [0.2, 0.25) is 6.10 Å². The molecule has 0 aromatic carbocycles. The normalized spacial score (nSPS) is 14.5. The Morgan fingerprint density at radius 3 is 1.43 bits per heavy atom. The number of primary amides is 1. The Hall–Kier alpha value is -3.18. The van der Waals surface area contributed by atoms with E-state index in [1.165, 1.54) is 0 Å². The molecule has 0 aromatic heterocycles. The second-order valence-corrected chi connectivity index (χ2v) is 5.53. The topological polar surface area (TPSA) is 175 Å². The van der Waals surface area contributed by atoms with E-state index in [0.717, 1.165) is 34.6 Å². The lowest BCUT2D eigenvalue weighted by atomic mass is 10.0. The maximum Gasteiger partial charge on any atom is 0.303 e. The van der Waals surface area contributed by atoms with Crippen molar-refractivity contribution in [3.8, 4) is 0 Å². The van der Waals surface area contributed by atoms with Crippen LogP contribution in [0.1, 0.15) is 34.6 Å². The summed E-state index contributed by atoms with van der Waals surface area (Å²) in [6.07, 6.45) is -6.88. The van der Waals surface area contributed by atoms with Crippen LogP contribution in [0.2, 0.25) is 0 Å². The van der Waals surface area contributed by atoms with Crippen molar-refractivity contribution in [2.24, 2.45) is 5.73 Å². The molecule has 0 aliphatic rings. The zero-order valence-corrected chi connectivity index (χ0v) is 16.1. The van der Waals surface area contributed by atoms with E-state index >= 15 is 0 Å². The highest BCUT2D eigenvalue weighted by atomic mass is 16.6. The number of nitrogens with two attached hydrogens (primary N) is 1. The van der Waals surface area contributed by atoms with Gasteiger partial charge in [-0.1, -0.05) is 0 Å². The minimum atomic E-state index is -1.89. The quantitative estimate of drug-likeness (QED) is 0.340. The maximum absolute atomic E-state index is 11.8. The summed E-state index contributed by atoms with van der Waals surface area (Å²) in [5.41, 5.74) is 5.21. The molecule has 0 bridgehead atoms. The molecule has 0 aliphatic carbocycles. The number of hydrogen-bond donors (Lipinski definition) is 1. The van der Waals surface area contributed by atoms with Gasteiger partial charge in [-0.25, -0.2) is 0 Å². The molecular weight excluding hydrogens is 382 g/mol. The predicted molar refractivity (Wildman–Crippen MR) is 88.0 cm³/mol. The van der Waals surface area contributed by atoms with Gasteiger partial charge in [0.15, 0.2) is 18.3 Å². The van der Waals surface area contributed by atoms with E-state index in [4.69, 9.17) is 29.4 Å². The molecule has 0 rings (SSSR count). The van der Waals surface area contributed by atoms with Crippen LogP contribution >= 0.6 is 0 Å². The smallest absolute Gasteiger partial charge is 0.303 e. The van der Waals surface area contributed by atoms with Crippen LogP contribution in [0.3, 0.4) is 0 Å². The van der Waals surface area contributed by atoms with E-state index in [0.29, 0.717) is 0 Å². The summed E-state index contributed by atoms with van der Waals surface area (Å²) in [5, 5.41) is 0. The van der Waals surface area contributed by atoms with Crippen LogP contribution in [0, 0.1) is 0 Å². The molecule has 0 spiro atoms. The summed E-state index contributed by atoms with van der Waals surface area (Å²) in [7, 11) is 0. The van der Waals surface area contributed by atoms with Crippen molar-refractivity contribution in [1.82, 2.24) is 0 Å². The number of hydrogen-bond acceptors (Lipinski definition) is 11. The Balaban J connectivity index is 6.18. The minimum absolute atomic E-state index is 0.615. The fourth-order valence-electron chi connectivity index (χ4n) is 2.11. The molecule has 0 aromatic rings. The monoisotopic (exact) mass is 405 g/mol. The second-order valence-electron chi connectivity index (χ2n) is 5.53. The van der Waals surface area contributed by atoms with Gasteiger partial charge in [-0.15, -0.1) is 0 Å². The lowest BCUT2D eigenvalue weighted by Gasteiger charge is -2.34. The SMILES string of the molecule is CC(=O)OC[C@@H](OC(C)=O)[C@@H](OC(C)=O)[C@H](OC(C)=O)[C@@H](OC(C)=O)C(N)=O. The fourth-order valence-corrected chi connectivity index (χ4v) is 2.11. The first kappa shape index (κ1) is 24.8. The van der Waals surface area contributed by atoms with Crippen LogP contribution in [0.15, 0.2) is 0 Å². The number of amides is 1. The molecule has 0 radical (unpaired) electrons. The molecule has 0 saturated carbocycles. The van der Waals surface area contributed by atoms with Crippen molar-refractivity contribution in [1.29, 1.82) is 0 Å². The highest BCUT2D eigenvalue weighted by Crippen LogP contribution is 2.20. The molecule has 0 saturated heterocycles. The van der Waals surface area contributed by atoms with Gasteiger partial charge in [0.1, 0.15) is 6.61 Å². The van der Waals surface area contributed by atoms with Gasteiger partial charge in [0.25, 0.3) is 5.91 Å². The van der Waals surface area contributed by atoms with Crippen molar-refractivity contribution >= 4 is 35.8 Å². The molecule has 12 nitrogen and oxygen atoms in total. The average molecular weight is 405 g/mol. The Morgan fingerprint density at radius 1 is 0.643 bits per heavy atom. The summed E-state index contributed by atoms with van der Waals surface area (Å²) in [5.74, 6) is -5.67. The summed E-state index contributed by atoms with van der Waals surface area (Å²) in [6.45, 7) is 4.39. The molecule has 0 fully saturated rings. The molecule has 158 valence electrons. The third-order valence-corrected chi connectivity index (χ3v) is 2.93. The van der Waals surface area contributed by atoms with Crippen LogP contribution < -0.4 is 5.73 Å². The van der Waals surface area contributed by atoms with Gasteiger partial charge in [-0.2, -0.15) is 0 Å². The van der Waals surface area contributed by atoms with Crippen LogP contribution in [0.25, 0.3) is 0 Å². The summed E-state index contributed by atoms with van der Waals surface area (Å²) < 4.78 is 24.6. The van der Waals surface area contributed by atoms with E-state index in [2.05, 4.69) is 0 Å². The van der Waals surface area contributed by atoms with E-state index in [1.54, 1.807) is 0 Å². The first-order chi connectivity index (χ1) is 12.8. The lowest BCUT2D eigenvalue weighted by Crippen LogP contribution is -2.56. The summed E-state index contributed by atoms with van der Waals surface area (Å²) in [4.78, 5) is 68.7. The van der Waals surface area contributed by atoms with Crippen molar-refractivity contribution in [2.75, 3.05) is 6.61 Å². The minimum Gasteiger partial charge on any atom is -0.462 e. The first-order valence-electron chi connectivity index (χ1n) is 7.96. The maximum atomic E-state index is 11.8. The molecule has 1 amide bonds. The van der Waals surface area contributed by atoms with Crippen LogP contribution in [0.5, 0.6) is 0 Å². The largest absolute Gasteiger partial charge is 0.462 e. The predicted octanol–water partition coefficient (Wildman–Crippen LogP) is -1.24. The van der Waals surface area contributed by atoms with Crippen molar-refractivity contribution < 1.29 is 52.5 Å². The van der Waals surface area contributed by atoms with Crippen LogP contribution in [-0.4, -0.2) is 66.8 Å². The highest BCUT2D eigenvalue weighted by Gasteiger charge is 2.46. The van der Waals surface area contributed by atoms with Crippen molar-refractivity contribution in [2.45, 2.75) is 59.0 Å². The van der Waals surface area contributed by atoms with Gasteiger partial charge in [0, 0.05) is 34.6 Å². The van der Waals surface area contributed by atoms with E-state index in [1.807, 2.05) is 0 Å². The number of ether oxygens (including phenoxy) is 5. The van der Waals surface area contributed by atoms with E-state index in [9.17, 15) is 28.8 Å². The van der Waals surface area contributed by atoms with Crippen LogP contribution in [0.4, 0.5) is 0 Å². The van der Waals surface area contributed by atoms with Crippen molar-refractivity contribution in [3.63, 3.8) is 0 Å². The number of carbonyl (C=O) groups excluding carboxylic acids is 6. The van der Waals surface area contributed by atoms with Crippen molar-refractivity contribution in [3.05, 3.63) is 0 Å². The van der Waals surface area contributed by atoms with Gasteiger partial charge in [-0.05, 0) is 0 Å². The molecule has 2 N–H and O–H groups in total. The molecule has 28 heavy (non-hydrogen) atoms. The van der Waals surface area contributed by atoms with E-state index < -0.39 is 66.8 Å². The van der Waals surface area contributed by atoms with E-state index in [-0.39, 0.29) is 0 Å². The molecule has 0 unspecified atom stereocenters. The Kier molecular flexibility index (Phi) is 10.2. The number of rotatable bonds is 10. The molecule has 12 heteroatoms. The number of esters is 5. The first-order valence-corrected chi connectivity index (χ1v) is 7.96. The zero-order chi connectivity index (χ0) is 22.0. The lowest BCUT2D eigenvalue weighted by molar-refractivity contribution is -0.202. The molecule has 4 atom stereocenters. The van der Waals surface area contributed by atoms with Gasteiger partial charge in [-0.3, -0.25) is 28.8 Å². The molecule has 0 heterocycles. The summed E-state index contributed by atoms with van der Waals surface area (Å²) >= 11 is 0. The Bertz CT molecular complexity index is 630. The van der Waals surface area contributed by atoms with Gasteiger partial charge in [0.05, 0.1) is 0 Å². The average Bonchev–Trinajstić information content (AvgIpc) is 2.51. The third kappa shape index (κ3) is 9.50. The number of carbonyl (C=O) groups is 6. The standard InChI is InChI=1S/C16H23NO11/c1-7(18)24-6-12(25-8(2)19)13(26-9(3)20)14(27-10(4)21)15(16(17)23)28-11(5)22/h12-15H,6H2,1-5H3,(H2,17,23)/t12-,13-,14+,15-/m1/s1. The van der Waals surface area contributed by atoms with Crippen LogP contribution in [-0.2, 0) is 52.5 Å². The fraction of sp³-hybridized carbons (Fsp3) is 0.625. The Labute approximate surface area is 160 Å². The molecular formula is C16H23NO11. The molecule has 0 aliphatic heterocycles. The third-order valence-electron chi connectivity index (χ3n) is 2.93. The second kappa shape index (κ2) is 11.5. The van der Waals surface area contributed by atoms with Gasteiger partial charge < -0.3 is 29.4 Å². The Morgan fingerprint density at radius 2 is 1.07 bits per heavy atom. The van der Waals surface area contributed by atoms with Gasteiger partial charge >= 0.3 is 29.8 Å². The zero-order valence-electron chi connectivity index (χ0n) is 16.1. The highest BCUT2D eigenvalue weighted by molar-refractivity contribution is 5.83.